The summed E-state index contributed by atoms with van der Waals surface area (Å²) < 4.78 is 0. The van der Waals surface area contributed by atoms with Gasteiger partial charge in [-0.05, 0) is 12.8 Å². The molecule has 0 fully saturated rings. The molecule has 0 aliphatic carbocycles. The van der Waals surface area contributed by atoms with Crippen LogP contribution in [0.4, 0.5) is 0 Å². The second-order valence-electron chi connectivity index (χ2n) is 3.62. The monoisotopic (exact) mass is 216 g/mol. The normalized spacial score (nSPS) is 10.9. The van der Waals surface area contributed by atoms with Crippen molar-refractivity contribution in [2.75, 3.05) is 13.1 Å². The van der Waals surface area contributed by atoms with Crippen molar-refractivity contribution >= 4 is 11.8 Å². The Kier molecular flexibility index (Phi) is 5.93. The molecule has 0 radical (unpaired) electrons. The molecule has 15 heavy (non-hydrogen) atoms. The number of aliphatic hydroxyl groups is 1. The van der Waals surface area contributed by atoms with Gasteiger partial charge in [0, 0.05) is 13.5 Å². The molecule has 3 N–H and O–H groups in total. The van der Waals surface area contributed by atoms with E-state index in [0.717, 1.165) is 0 Å². The SMILES string of the molecule is CCC(O)(CC)CNC(=O)CNC(C)=O. The van der Waals surface area contributed by atoms with E-state index < -0.39 is 5.60 Å². The largest absolute Gasteiger partial charge is 0.388 e. The molecule has 0 aliphatic heterocycles. The summed E-state index contributed by atoms with van der Waals surface area (Å²) in [6.45, 7) is 5.26. The van der Waals surface area contributed by atoms with Crippen LogP contribution in [0.15, 0.2) is 0 Å². The first-order valence-electron chi connectivity index (χ1n) is 5.17. The van der Waals surface area contributed by atoms with Crippen molar-refractivity contribution in [3.63, 3.8) is 0 Å². The van der Waals surface area contributed by atoms with Crippen LogP contribution in [0, 0.1) is 0 Å². The van der Waals surface area contributed by atoms with Gasteiger partial charge in [-0.25, -0.2) is 0 Å². The first-order valence-corrected chi connectivity index (χ1v) is 5.17. The van der Waals surface area contributed by atoms with Crippen molar-refractivity contribution in [3.05, 3.63) is 0 Å². The maximum atomic E-state index is 11.2. The van der Waals surface area contributed by atoms with Crippen LogP contribution < -0.4 is 10.6 Å². The summed E-state index contributed by atoms with van der Waals surface area (Å²) in [5.74, 6) is -0.531. The molecule has 0 saturated heterocycles. The quantitative estimate of drug-likeness (QED) is 0.575. The number of hydrogen-bond acceptors (Lipinski definition) is 3. The molecule has 0 rings (SSSR count). The summed E-state index contributed by atoms with van der Waals surface area (Å²) in [4.78, 5) is 21.7. The molecule has 0 aromatic heterocycles. The van der Waals surface area contributed by atoms with E-state index >= 15 is 0 Å². The van der Waals surface area contributed by atoms with Crippen LogP contribution in [-0.2, 0) is 9.59 Å². The molecule has 0 aliphatic rings. The minimum atomic E-state index is -0.841. The van der Waals surface area contributed by atoms with Gasteiger partial charge in [0.05, 0.1) is 12.1 Å². The van der Waals surface area contributed by atoms with Crippen LogP contribution >= 0.6 is 0 Å². The highest BCUT2D eigenvalue weighted by atomic mass is 16.3. The number of hydrogen-bond donors (Lipinski definition) is 3. The van der Waals surface area contributed by atoms with Gasteiger partial charge >= 0.3 is 0 Å². The number of amides is 2. The summed E-state index contributed by atoms with van der Waals surface area (Å²) in [7, 11) is 0. The third-order valence-electron chi connectivity index (χ3n) is 2.43. The van der Waals surface area contributed by atoms with Crippen LogP contribution in [0.1, 0.15) is 33.6 Å². The molecule has 0 bridgehead atoms. The van der Waals surface area contributed by atoms with Gasteiger partial charge in [-0.3, -0.25) is 9.59 Å². The Morgan fingerprint density at radius 3 is 2.13 bits per heavy atom. The molecule has 0 spiro atoms. The van der Waals surface area contributed by atoms with Crippen molar-refractivity contribution in [2.45, 2.75) is 39.2 Å². The van der Waals surface area contributed by atoms with Crippen molar-refractivity contribution in [2.24, 2.45) is 0 Å². The Morgan fingerprint density at radius 1 is 1.20 bits per heavy atom. The van der Waals surface area contributed by atoms with Gasteiger partial charge in [-0.2, -0.15) is 0 Å². The highest BCUT2D eigenvalue weighted by molar-refractivity contribution is 5.83. The predicted octanol–water partition coefficient (Wildman–Crippen LogP) is -0.210. The van der Waals surface area contributed by atoms with E-state index in [1.54, 1.807) is 0 Å². The molecular formula is C10H20N2O3. The number of nitrogens with one attached hydrogen (secondary N) is 2. The van der Waals surface area contributed by atoms with Gasteiger partial charge in [0.2, 0.25) is 11.8 Å². The maximum Gasteiger partial charge on any atom is 0.239 e. The molecule has 0 saturated carbocycles. The van der Waals surface area contributed by atoms with E-state index in [2.05, 4.69) is 10.6 Å². The van der Waals surface area contributed by atoms with Crippen molar-refractivity contribution in [3.8, 4) is 0 Å². The Balaban J connectivity index is 3.84. The summed E-state index contributed by atoms with van der Waals surface area (Å²) in [6.07, 6.45) is 1.17. The molecule has 0 unspecified atom stereocenters. The molecule has 5 nitrogen and oxygen atoms in total. The Morgan fingerprint density at radius 2 is 1.73 bits per heavy atom. The minimum Gasteiger partial charge on any atom is -0.388 e. The van der Waals surface area contributed by atoms with E-state index in [9.17, 15) is 14.7 Å². The molecule has 0 atom stereocenters. The van der Waals surface area contributed by atoms with Gasteiger partial charge in [0.1, 0.15) is 0 Å². The van der Waals surface area contributed by atoms with Gasteiger partial charge < -0.3 is 15.7 Å². The van der Waals surface area contributed by atoms with Crippen LogP contribution in [-0.4, -0.2) is 35.6 Å². The molecule has 88 valence electrons. The summed E-state index contributed by atoms with van der Waals surface area (Å²) in [5, 5.41) is 14.8. The van der Waals surface area contributed by atoms with Gasteiger partial charge in [-0.15, -0.1) is 0 Å². The average Bonchev–Trinajstić information content (AvgIpc) is 2.23. The molecule has 0 aromatic carbocycles. The molecular weight excluding hydrogens is 196 g/mol. The molecule has 2 amide bonds. The van der Waals surface area contributed by atoms with Crippen LogP contribution in [0.25, 0.3) is 0 Å². The third kappa shape index (κ3) is 6.06. The number of rotatable bonds is 6. The van der Waals surface area contributed by atoms with E-state index in [0.29, 0.717) is 12.8 Å². The van der Waals surface area contributed by atoms with Crippen molar-refractivity contribution in [1.82, 2.24) is 10.6 Å². The van der Waals surface area contributed by atoms with Crippen molar-refractivity contribution in [1.29, 1.82) is 0 Å². The Hall–Kier alpha value is -1.10. The van der Waals surface area contributed by atoms with E-state index in [1.807, 2.05) is 13.8 Å². The van der Waals surface area contributed by atoms with E-state index in [4.69, 9.17) is 0 Å². The fourth-order valence-electron chi connectivity index (χ4n) is 1.03. The lowest BCUT2D eigenvalue weighted by molar-refractivity contribution is -0.125. The fraction of sp³-hybridized carbons (Fsp3) is 0.800. The zero-order valence-electron chi connectivity index (χ0n) is 9.59. The first-order chi connectivity index (χ1) is 6.93. The maximum absolute atomic E-state index is 11.2. The lowest BCUT2D eigenvalue weighted by Crippen LogP contribution is -2.45. The summed E-state index contributed by atoms with van der Waals surface area (Å²) in [5.41, 5.74) is -0.841. The zero-order chi connectivity index (χ0) is 11.9. The number of carbonyl (C=O) groups excluding carboxylic acids is 2. The lowest BCUT2D eigenvalue weighted by Gasteiger charge is -2.25. The smallest absolute Gasteiger partial charge is 0.239 e. The third-order valence-corrected chi connectivity index (χ3v) is 2.43. The second-order valence-corrected chi connectivity index (χ2v) is 3.62. The van der Waals surface area contributed by atoms with Crippen LogP contribution in [0.2, 0.25) is 0 Å². The van der Waals surface area contributed by atoms with E-state index in [-0.39, 0.29) is 24.9 Å². The summed E-state index contributed by atoms with van der Waals surface area (Å²) >= 11 is 0. The summed E-state index contributed by atoms with van der Waals surface area (Å²) in [6, 6.07) is 0. The van der Waals surface area contributed by atoms with Gasteiger partial charge in [0.15, 0.2) is 0 Å². The topological polar surface area (TPSA) is 78.4 Å². The van der Waals surface area contributed by atoms with Gasteiger partial charge in [0.25, 0.3) is 0 Å². The molecule has 0 aromatic rings. The molecule has 5 heteroatoms. The van der Waals surface area contributed by atoms with Crippen LogP contribution in [0.5, 0.6) is 0 Å². The minimum absolute atomic E-state index is 0.0428. The average molecular weight is 216 g/mol. The zero-order valence-corrected chi connectivity index (χ0v) is 9.59. The Labute approximate surface area is 90.2 Å². The van der Waals surface area contributed by atoms with Gasteiger partial charge in [-0.1, -0.05) is 13.8 Å². The first kappa shape index (κ1) is 13.9. The van der Waals surface area contributed by atoms with Crippen LogP contribution in [0.3, 0.4) is 0 Å². The van der Waals surface area contributed by atoms with Crippen molar-refractivity contribution < 1.29 is 14.7 Å². The molecule has 0 heterocycles. The Bertz CT molecular complexity index is 225. The second kappa shape index (κ2) is 6.40. The highest BCUT2D eigenvalue weighted by Crippen LogP contribution is 2.12. The van der Waals surface area contributed by atoms with E-state index in [1.165, 1.54) is 6.92 Å². The lowest BCUT2D eigenvalue weighted by atomic mass is 9.98. The predicted molar refractivity (Wildman–Crippen MR) is 57.2 cm³/mol. The standard InChI is InChI=1S/C10H20N2O3/c1-4-10(15,5-2)7-12-9(14)6-11-8(3)13/h15H,4-7H2,1-3H3,(H,11,13)(H,12,14). The fourth-order valence-corrected chi connectivity index (χ4v) is 1.03. The highest BCUT2D eigenvalue weighted by Gasteiger charge is 2.22. The number of carbonyl (C=O) groups is 2.